The zero-order chi connectivity index (χ0) is 21.1. The molecule has 0 atom stereocenters. The molecule has 0 saturated carbocycles. The van der Waals surface area contributed by atoms with Gasteiger partial charge in [0.15, 0.2) is 11.5 Å². The molecule has 156 valence electrons. The number of nitrogens with zero attached hydrogens (tertiary/aromatic N) is 4. The van der Waals surface area contributed by atoms with Crippen molar-refractivity contribution in [3.05, 3.63) is 48.5 Å². The molecule has 1 saturated heterocycles. The number of carbonyl (C=O) groups excluding carboxylic acids is 1. The minimum atomic E-state index is -0.340. The Bertz CT molecular complexity index is 1050. The van der Waals surface area contributed by atoms with Gasteiger partial charge in [-0.15, -0.1) is 0 Å². The third-order valence-electron chi connectivity index (χ3n) is 5.08. The summed E-state index contributed by atoms with van der Waals surface area (Å²) in [5.74, 6) is 1.67. The van der Waals surface area contributed by atoms with Crippen molar-refractivity contribution in [2.45, 2.75) is 0 Å². The molecule has 1 aliphatic rings. The second kappa shape index (κ2) is 8.40. The minimum absolute atomic E-state index is 0.208. The molecule has 30 heavy (non-hydrogen) atoms. The van der Waals surface area contributed by atoms with Crippen LogP contribution in [0.1, 0.15) is 0 Å². The van der Waals surface area contributed by atoms with Crippen LogP contribution in [0, 0.1) is 5.82 Å². The molecule has 1 fully saturated rings. The quantitative estimate of drug-likeness (QED) is 0.711. The lowest BCUT2D eigenvalue weighted by Gasteiger charge is -2.35. The first kappa shape index (κ1) is 19.7. The van der Waals surface area contributed by atoms with Crippen LogP contribution in [-0.4, -0.2) is 61.3 Å². The van der Waals surface area contributed by atoms with Gasteiger partial charge in [-0.25, -0.2) is 19.2 Å². The summed E-state index contributed by atoms with van der Waals surface area (Å²) in [5.41, 5.74) is 1.32. The minimum Gasteiger partial charge on any atom is -0.493 e. The van der Waals surface area contributed by atoms with Gasteiger partial charge in [-0.1, -0.05) is 0 Å². The van der Waals surface area contributed by atoms with E-state index in [0.29, 0.717) is 43.4 Å². The summed E-state index contributed by atoms with van der Waals surface area (Å²) >= 11 is 0. The number of hydrogen-bond acceptors (Lipinski definition) is 6. The molecule has 1 aromatic heterocycles. The van der Waals surface area contributed by atoms with Crippen molar-refractivity contribution in [2.75, 3.05) is 50.6 Å². The molecule has 1 N–H and O–H groups in total. The third-order valence-corrected chi connectivity index (χ3v) is 5.08. The fraction of sp³-hybridized carbons (Fsp3) is 0.286. The summed E-state index contributed by atoms with van der Waals surface area (Å²) in [6.07, 6.45) is 1.52. The number of aromatic nitrogens is 2. The van der Waals surface area contributed by atoms with E-state index in [-0.39, 0.29) is 11.8 Å². The van der Waals surface area contributed by atoms with Crippen LogP contribution in [0.2, 0.25) is 0 Å². The molecular formula is C21H22FN5O3. The second-order valence-electron chi connectivity index (χ2n) is 6.83. The standard InChI is InChI=1S/C21H22FN5O3/c1-29-18-11-16-17(12-19(18)30-2)23-13-24-20(16)26-7-9-27(10-8-26)21(28)25-15-5-3-14(22)4-6-15/h3-6,11-13H,7-10H2,1-2H3,(H,25,28). The van der Waals surface area contributed by atoms with Crippen LogP contribution in [0.5, 0.6) is 11.5 Å². The fourth-order valence-electron chi connectivity index (χ4n) is 3.48. The van der Waals surface area contributed by atoms with E-state index in [2.05, 4.69) is 20.2 Å². The first-order valence-electron chi connectivity index (χ1n) is 9.52. The molecule has 0 bridgehead atoms. The predicted octanol–water partition coefficient (Wildman–Crippen LogP) is 3.14. The number of rotatable bonds is 4. The van der Waals surface area contributed by atoms with Gasteiger partial charge in [0, 0.05) is 43.3 Å². The van der Waals surface area contributed by atoms with Gasteiger partial charge in [-0.2, -0.15) is 0 Å². The maximum absolute atomic E-state index is 13.0. The van der Waals surface area contributed by atoms with Crippen molar-refractivity contribution in [3.8, 4) is 11.5 Å². The molecule has 8 nitrogen and oxygen atoms in total. The smallest absolute Gasteiger partial charge is 0.321 e. The maximum atomic E-state index is 13.0. The van der Waals surface area contributed by atoms with Gasteiger partial charge in [-0.3, -0.25) is 0 Å². The number of methoxy groups -OCH3 is 2. The van der Waals surface area contributed by atoms with Crippen molar-refractivity contribution >= 4 is 28.4 Å². The van der Waals surface area contributed by atoms with Crippen molar-refractivity contribution in [3.63, 3.8) is 0 Å². The molecule has 4 rings (SSSR count). The fourth-order valence-corrected chi connectivity index (χ4v) is 3.48. The van der Waals surface area contributed by atoms with Crippen LogP contribution in [-0.2, 0) is 0 Å². The van der Waals surface area contributed by atoms with Crippen LogP contribution in [0.3, 0.4) is 0 Å². The Morgan fingerprint density at radius 1 is 1.00 bits per heavy atom. The number of benzene rings is 2. The molecule has 0 radical (unpaired) electrons. The summed E-state index contributed by atoms with van der Waals surface area (Å²) < 4.78 is 23.8. The lowest BCUT2D eigenvalue weighted by Crippen LogP contribution is -2.50. The van der Waals surface area contributed by atoms with E-state index in [1.807, 2.05) is 12.1 Å². The van der Waals surface area contributed by atoms with E-state index in [1.165, 1.54) is 30.6 Å². The Morgan fingerprint density at radius 2 is 1.67 bits per heavy atom. The summed E-state index contributed by atoms with van der Waals surface area (Å²) in [4.78, 5) is 25.2. The number of nitrogens with one attached hydrogen (secondary N) is 1. The van der Waals surface area contributed by atoms with Gasteiger partial charge >= 0.3 is 6.03 Å². The Kier molecular flexibility index (Phi) is 5.51. The monoisotopic (exact) mass is 411 g/mol. The topological polar surface area (TPSA) is 79.8 Å². The summed E-state index contributed by atoms with van der Waals surface area (Å²) in [6, 6.07) is 9.20. The Balaban J connectivity index is 1.48. The van der Waals surface area contributed by atoms with Crippen LogP contribution >= 0.6 is 0 Å². The summed E-state index contributed by atoms with van der Waals surface area (Å²) in [6.45, 7) is 2.31. The number of ether oxygens (including phenoxy) is 2. The van der Waals surface area contributed by atoms with E-state index in [1.54, 1.807) is 19.1 Å². The zero-order valence-electron chi connectivity index (χ0n) is 16.8. The van der Waals surface area contributed by atoms with E-state index in [9.17, 15) is 9.18 Å². The number of halogens is 1. The maximum Gasteiger partial charge on any atom is 0.321 e. The van der Waals surface area contributed by atoms with Gasteiger partial charge in [0.2, 0.25) is 0 Å². The van der Waals surface area contributed by atoms with E-state index in [4.69, 9.17) is 9.47 Å². The lowest BCUT2D eigenvalue weighted by atomic mass is 10.2. The number of piperazine rings is 1. The molecule has 0 unspecified atom stereocenters. The highest BCUT2D eigenvalue weighted by molar-refractivity contribution is 5.92. The summed E-state index contributed by atoms with van der Waals surface area (Å²) in [5, 5.41) is 3.66. The number of amides is 2. The first-order chi connectivity index (χ1) is 14.6. The van der Waals surface area contributed by atoms with Gasteiger partial charge in [-0.05, 0) is 30.3 Å². The van der Waals surface area contributed by atoms with Crippen molar-refractivity contribution < 1.29 is 18.7 Å². The molecule has 2 heterocycles. The number of anilines is 2. The average molecular weight is 411 g/mol. The number of hydrogen-bond donors (Lipinski definition) is 1. The number of fused-ring (bicyclic) bond motifs is 1. The van der Waals surface area contributed by atoms with E-state index < -0.39 is 0 Å². The van der Waals surface area contributed by atoms with Crippen LogP contribution in [0.25, 0.3) is 10.9 Å². The highest BCUT2D eigenvalue weighted by Gasteiger charge is 2.24. The van der Waals surface area contributed by atoms with Gasteiger partial charge in [0.05, 0.1) is 19.7 Å². The van der Waals surface area contributed by atoms with Crippen LogP contribution < -0.4 is 19.7 Å². The molecule has 0 spiro atoms. The molecule has 9 heteroatoms. The highest BCUT2D eigenvalue weighted by Crippen LogP contribution is 2.34. The largest absolute Gasteiger partial charge is 0.493 e. The molecule has 0 aliphatic carbocycles. The van der Waals surface area contributed by atoms with Crippen LogP contribution in [0.4, 0.5) is 20.7 Å². The normalized spacial score (nSPS) is 14.0. The Morgan fingerprint density at radius 3 is 2.33 bits per heavy atom. The van der Waals surface area contributed by atoms with E-state index >= 15 is 0 Å². The molecule has 3 aromatic rings. The summed E-state index contributed by atoms with van der Waals surface area (Å²) in [7, 11) is 3.17. The van der Waals surface area contributed by atoms with Gasteiger partial charge in [0.25, 0.3) is 0 Å². The molecule has 1 aliphatic heterocycles. The predicted molar refractivity (Wildman–Crippen MR) is 112 cm³/mol. The van der Waals surface area contributed by atoms with Crippen molar-refractivity contribution in [1.29, 1.82) is 0 Å². The first-order valence-corrected chi connectivity index (χ1v) is 9.52. The zero-order valence-corrected chi connectivity index (χ0v) is 16.8. The van der Waals surface area contributed by atoms with Gasteiger partial charge < -0.3 is 24.6 Å². The third kappa shape index (κ3) is 3.91. The van der Waals surface area contributed by atoms with Crippen molar-refractivity contribution in [2.24, 2.45) is 0 Å². The Hall–Kier alpha value is -3.62. The van der Waals surface area contributed by atoms with Gasteiger partial charge in [0.1, 0.15) is 18.0 Å². The lowest BCUT2D eigenvalue weighted by molar-refractivity contribution is 0.208. The molecule has 2 amide bonds. The SMILES string of the molecule is COc1cc2ncnc(N3CCN(C(=O)Nc4ccc(F)cc4)CC3)c2cc1OC. The average Bonchev–Trinajstić information content (AvgIpc) is 2.79. The van der Waals surface area contributed by atoms with Crippen LogP contribution in [0.15, 0.2) is 42.7 Å². The molecule has 2 aromatic carbocycles. The van der Waals surface area contributed by atoms with Crippen molar-refractivity contribution in [1.82, 2.24) is 14.9 Å². The molecular weight excluding hydrogens is 389 g/mol. The Labute approximate surface area is 173 Å². The number of urea groups is 1. The number of carbonyl (C=O) groups is 1. The van der Waals surface area contributed by atoms with E-state index in [0.717, 1.165) is 16.7 Å². The highest BCUT2D eigenvalue weighted by atomic mass is 19.1. The second-order valence-corrected chi connectivity index (χ2v) is 6.83.